The van der Waals surface area contributed by atoms with E-state index in [0.717, 1.165) is 50.8 Å². The van der Waals surface area contributed by atoms with Crippen molar-refractivity contribution < 1.29 is 22.8 Å². The summed E-state index contributed by atoms with van der Waals surface area (Å²) in [4.78, 5) is 27.5. The van der Waals surface area contributed by atoms with Crippen molar-refractivity contribution in [3.05, 3.63) is 29.8 Å². The third-order valence-corrected chi connectivity index (χ3v) is 6.81. The third-order valence-electron chi connectivity index (χ3n) is 6.81. The number of rotatable bonds is 8. The molecule has 6 nitrogen and oxygen atoms in total. The molecule has 34 heavy (non-hydrogen) atoms. The number of nitrogens with zero attached hydrogens (tertiary/aromatic N) is 1. The van der Waals surface area contributed by atoms with Gasteiger partial charge in [0.15, 0.2) is 0 Å². The predicted octanol–water partition coefficient (Wildman–Crippen LogP) is 5.01. The lowest BCUT2D eigenvalue weighted by Crippen LogP contribution is -2.51. The number of likely N-dealkylation sites (tertiary alicyclic amines) is 1. The minimum absolute atomic E-state index is 0.0323. The van der Waals surface area contributed by atoms with Crippen LogP contribution in [-0.2, 0) is 11.0 Å². The van der Waals surface area contributed by atoms with Gasteiger partial charge in [-0.3, -0.25) is 4.79 Å². The Morgan fingerprint density at radius 3 is 2.65 bits per heavy atom. The molecule has 9 heteroatoms. The van der Waals surface area contributed by atoms with E-state index >= 15 is 0 Å². The highest BCUT2D eigenvalue weighted by Crippen LogP contribution is 2.34. The van der Waals surface area contributed by atoms with Crippen LogP contribution in [0.25, 0.3) is 0 Å². The maximum atomic E-state index is 13.1. The van der Waals surface area contributed by atoms with Gasteiger partial charge in [-0.1, -0.05) is 33.3 Å². The summed E-state index contributed by atoms with van der Waals surface area (Å²) in [6.07, 6.45) is 1.13. The van der Waals surface area contributed by atoms with E-state index in [4.69, 9.17) is 0 Å². The van der Waals surface area contributed by atoms with E-state index in [0.29, 0.717) is 30.8 Å². The second-order valence-corrected chi connectivity index (χ2v) is 9.98. The number of carbonyl (C=O) groups excluding carboxylic acids is 2. The average Bonchev–Trinajstić information content (AvgIpc) is 3.12. The lowest BCUT2D eigenvalue weighted by Gasteiger charge is -2.41. The zero-order valence-corrected chi connectivity index (χ0v) is 20.3. The standard InChI is InChI=1S/C25H37F3N4O2/c1-4-6-17-13-19(29-15-16(2)3)9-10-22(17)32-12-11-21(23(32)33)31-24(34)30-20-8-5-7-18(14-20)25(26,27)28/h5,7-8,14,16-17,19,21-22,29H,4,6,9-13,15H2,1-3H3,(H2,30,31,34)/t17-,19-,21+,22+/m1/s1. The van der Waals surface area contributed by atoms with E-state index in [2.05, 4.69) is 36.7 Å². The summed E-state index contributed by atoms with van der Waals surface area (Å²) in [7, 11) is 0. The van der Waals surface area contributed by atoms with Crippen LogP contribution in [0.1, 0.15) is 64.9 Å². The molecule has 2 aliphatic rings. The molecule has 1 aliphatic heterocycles. The van der Waals surface area contributed by atoms with E-state index < -0.39 is 23.8 Å². The second kappa shape index (κ2) is 11.4. The highest BCUT2D eigenvalue weighted by atomic mass is 19.4. The van der Waals surface area contributed by atoms with Crippen LogP contribution < -0.4 is 16.0 Å². The van der Waals surface area contributed by atoms with Crippen LogP contribution in [0, 0.1) is 11.8 Å². The lowest BCUT2D eigenvalue weighted by atomic mass is 9.78. The molecule has 0 unspecified atom stereocenters. The van der Waals surface area contributed by atoms with Crippen molar-refractivity contribution in [1.29, 1.82) is 0 Å². The summed E-state index contributed by atoms with van der Waals surface area (Å²) in [6, 6.07) is 3.75. The topological polar surface area (TPSA) is 73.5 Å². The number of hydrogen-bond donors (Lipinski definition) is 3. The molecule has 1 aliphatic carbocycles. The first-order valence-electron chi connectivity index (χ1n) is 12.4. The fraction of sp³-hybridized carbons (Fsp3) is 0.680. The Balaban J connectivity index is 1.57. The van der Waals surface area contributed by atoms with Crippen LogP contribution in [0.5, 0.6) is 0 Å². The zero-order valence-electron chi connectivity index (χ0n) is 20.3. The van der Waals surface area contributed by atoms with Crippen LogP contribution in [-0.4, -0.2) is 48.1 Å². The number of urea groups is 1. The van der Waals surface area contributed by atoms with Gasteiger partial charge in [0, 0.05) is 24.3 Å². The Morgan fingerprint density at radius 2 is 1.97 bits per heavy atom. The average molecular weight is 483 g/mol. The van der Waals surface area contributed by atoms with Gasteiger partial charge in [-0.05, 0) is 68.7 Å². The summed E-state index contributed by atoms with van der Waals surface area (Å²) in [5.74, 6) is 0.917. The van der Waals surface area contributed by atoms with E-state index in [1.807, 2.05) is 4.90 Å². The first-order chi connectivity index (χ1) is 16.1. The highest BCUT2D eigenvalue weighted by molar-refractivity contribution is 5.94. The fourth-order valence-corrected chi connectivity index (χ4v) is 5.19. The van der Waals surface area contributed by atoms with Gasteiger partial charge in [0.2, 0.25) is 5.91 Å². The van der Waals surface area contributed by atoms with Crippen molar-refractivity contribution in [2.24, 2.45) is 11.8 Å². The fourth-order valence-electron chi connectivity index (χ4n) is 5.19. The van der Waals surface area contributed by atoms with Gasteiger partial charge < -0.3 is 20.9 Å². The molecular weight excluding hydrogens is 445 g/mol. The first kappa shape index (κ1) is 26.3. The van der Waals surface area contributed by atoms with Gasteiger partial charge in [0.05, 0.1) is 5.56 Å². The molecule has 190 valence electrons. The number of nitrogens with one attached hydrogen (secondary N) is 3. The van der Waals surface area contributed by atoms with Gasteiger partial charge in [-0.15, -0.1) is 0 Å². The van der Waals surface area contributed by atoms with Crippen molar-refractivity contribution in [3.8, 4) is 0 Å². The Morgan fingerprint density at radius 1 is 1.21 bits per heavy atom. The molecule has 3 N–H and O–H groups in total. The molecule has 3 amide bonds. The van der Waals surface area contributed by atoms with Crippen molar-refractivity contribution in [1.82, 2.24) is 15.5 Å². The summed E-state index contributed by atoms with van der Waals surface area (Å²) in [6.45, 7) is 8.13. The molecule has 4 atom stereocenters. The number of hydrogen-bond acceptors (Lipinski definition) is 3. The molecule has 1 aromatic carbocycles. The van der Waals surface area contributed by atoms with Gasteiger partial charge in [0.25, 0.3) is 0 Å². The molecule has 1 saturated carbocycles. The quantitative estimate of drug-likeness (QED) is 0.488. The van der Waals surface area contributed by atoms with Crippen LogP contribution in [0.4, 0.5) is 23.7 Å². The van der Waals surface area contributed by atoms with Crippen LogP contribution in [0.3, 0.4) is 0 Å². The van der Waals surface area contributed by atoms with E-state index in [1.165, 1.54) is 12.1 Å². The van der Waals surface area contributed by atoms with Gasteiger partial charge in [-0.2, -0.15) is 13.2 Å². The monoisotopic (exact) mass is 482 g/mol. The molecular formula is C25H37F3N4O2. The minimum Gasteiger partial charge on any atom is -0.338 e. The zero-order chi connectivity index (χ0) is 24.9. The molecule has 3 rings (SSSR count). The number of anilines is 1. The summed E-state index contributed by atoms with van der Waals surface area (Å²) in [5.41, 5.74) is -0.807. The van der Waals surface area contributed by atoms with Crippen molar-refractivity contribution in [3.63, 3.8) is 0 Å². The van der Waals surface area contributed by atoms with E-state index in [1.54, 1.807) is 0 Å². The van der Waals surface area contributed by atoms with Gasteiger partial charge in [0.1, 0.15) is 6.04 Å². The summed E-state index contributed by atoms with van der Waals surface area (Å²) >= 11 is 0. The lowest BCUT2D eigenvalue weighted by molar-refractivity contribution is -0.137. The molecule has 0 bridgehead atoms. The Kier molecular flexibility index (Phi) is 8.84. The number of alkyl halides is 3. The second-order valence-electron chi connectivity index (χ2n) is 9.98. The summed E-state index contributed by atoms with van der Waals surface area (Å²) < 4.78 is 38.7. The first-order valence-corrected chi connectivity index (χ1v) is 12.4. The molecule has 1 heterocycles. The molecule has 2 fully saturated rings. The number of halogens is 3. The molecule has 1 aromatic rings. The molecule has 0 radical (unpaired) electrons. The maximum Gasteiger partial charge on any atom is 0.416 e. The van der Waals surface area contributed by atoms with Crippen molar-refractivity contribution >= 4 is 17.6 Å². The smallest absolute Gasteiger partial charge is 0.338 e. The number of benzene rings is 1. The Hall–Kier alpha value is -2.29. The summed E-state index contributed by atoms with van der Waals surface area (Å²) in [5, 5.41) is 8.75. The third kappa shape index (κ3) is 6.87. The number of carbonyl (C=O) groups is 2. The van der Waals surface area contributed by atoms with Crippen LogP contribution >= 0.6 is 0 Å². The van der Waals surface area contributed by atoms with Gasteiger partial charge in [-0.25, -0.2) is 4.79 Å². The largest absolute Gasteiger partial charge is 0.416 e. The Labute approximate surface area is 200 Å². The van der Waals surface area contributed by atoms with Crippen LogP contribution in [0.2, 0.25) is 0 Å². The van der Waals surface area contributed by atoms with Crippen LogP contribution in [0.15, 0.2) is 24.3 Å². The maximum absolute atomic E-state index is 13.1. The van der Waals surface area contributed by atoms with E-state index in [-0.39, 0.29) is 17.6 Å². The molecule has 0 spiro atoms. The van der Waals surface area contributed by atoms with Gasteiger partial charge >= 0.3 is 12.2 Å². The van der Waals surface area contributed by atoms with Crippen molar-refractivity contribution in [2.75, 3.05) is 18.4 Å². The van der Waals surface area contributed by atoms with Crippen molar-refractivity contribution in [2.45, 2.75) is 83.6 Å². The highest BCUT2D eigenvalue weighted by Gasteiger charge is 2.41. The SMILES string of the molecule is CCC[C@@H]1C[C@H](NCC(C)C)CC[C@@H]1N1CC[C@H](NC(=O)Nc2cccc(C(F)(F)F)c2)C1=O. The molecule has 1 saturated heterocycles. The number of amides is 3. The molecule has 0 aromatic heterocycles. The Bertz CT molecular complexity index is 846. The predicted molar refractivity (Wildman–Crippen MR) is 126 cm³/mol. The minimum atomic E-state index is -4.49. The normalized spacial score (nSPS) is 25.6. The van der Waals surface area contributed by atoms with E-state index in [9.17, 15) is 22.8 Å².